The molecule has 0 amide bonds. The lowest BCUT2D eigenvalue weighted by molar-refractivity contribution is -0.134. The first kappa shape index (κ1) is 30.3. The van der Waals surface area contributed by atoms with Crippen LogP contribution in [0.25, 0.3) is 0 Å². The highest BCUT2D eigenvalue weighted by Crippen LogP contribution is 2.26. The van der Waals surface area contributed by atoms with Gasteiger partial charge in [0, 0.05) is 12.5 Å². The van der Waals surface area contributed by atoms with Gasteiger partial charge in [0.05, 0.1) is 0 Å². The van der Waals surface area contributed by atoms with Crippen molar-refractivity contribution in [2.75, 3.05) is 0 Å². The average molecular weight is 473 g/mol. The number of ether oxygens (including phenoxy) is 1. The molecule has 1 rings (SSSR count). The van der Waals surface area contributed by atoms with Crippen LogP contribution >= 0.6 is 0 Å². The number of phenolic OH excluding ortho intramolecular Hbond substituents is 1. The molecule has 0 saturated carbocycles. The summed E-state index contributed by atoms with van der Waals surface area (Å²) in [6.07, 6.45) is 28.4. The van der Waals surface area contributed by atoms with Crippen molar-refractivity contribution in [2.24, 2.45) is 0 Å². The minimum Gasteiger partial charge on any atom is -0.508 e. The predicted octanol–water partition coefficient (Wildman–Crippen LogP) is 9.85. The third kappa shape index (κ3) is 16.8. The Balaban J connectivity index is 2.05. The van der Waals surface area contributed by atoms with Gasteiger partial charge in [-0.15, -0.1) is 0 Å². The van der Waals surface area contributed by atoms with Gasteiger partial charge in [-0.25, -0.2) is 0 Å². The standard InChI is InChI=1S/C31H52O3/c1-3-5-7-9-10-11-12-13-14-15-16-17-18-19-20-22-24-31(33)34-30-27-29(32)26-25-28(30)23-21-8-6-4-2/h14-15,25-27,32H,3-13,16-24H2,1-2H3/b15-14-. The monoisotopic (exact) mass is 472 g/mol. The van der Waals surface area contributed by atoms with Crippen LogP contribution in [-0.2, 0) is 11.2 Å². The first-order valence-corrected chi connectivity index (χ1v) is 14.3. The number of hydrogen-bond donors (Lipinski definition) is 1. The Morgan fingerprint density at radius 2 is 1.26 bits per heavy atom. The summed E-state index contributed by atoms with van der Waals surface area (Å²) >= 11 is 0. The van der Waals surface area contributed by atoms with Crippen LogP contribution in [0.2, 0.25) is 0 Å². The normalized spacial score (nSPS) is 11.4. The highest BCUT2D eigenvalue weighted by Gasteiger charge is 2.10. The van der Waals surface area contributed by atoms with E-state index in [1.165, 1.54) is 96.3 Å². The van der Waals surface area contributed by atoms with Crippen LogP contribution in [0.15, 0.2) is 30.4 Å². The van der Waals surface area contributed by atoms with Gasteiger partial charge < -0.3 is 9.84 Å². The number of carbonyl (C=O) groups excluding carboxylic acids is 1. The van der Waals surface area contributed by atoms with Gasteiger partial charge in [-0.3, -0.25) is 4.79 Å². The molecule has 0 aliphatic rings. The number of aromatic hydroxyl groups is 1. The Morgan fingerprint density at radius 1 is 0.735 bits per heavy atom. The van der Waals surface area contributed by atoms with Gasteiger partial charge in [0.15, 0.2) is 0 Å². The SMILES string of the molecule is CCCCCCCCC/C=C\CCCCCCCC(=O)Oc1cc(O)ccc1CCCCCC. The Kier molecular flexibility index (Phi) is 19.4. The van der Waals surface area contributed by atoms with E-state index in [-0.39, 0.29) is 11.7 Å². The number of phenols is 1. The molecule has 1 N–H and O–H groups in total. The lowest BCUT2D eigenvalue weighted by atomic mass is 10.0. The molecule has 0 unspecified atom stereocenters. The maximum Gasteiger partial charge on any atom is 0.311 e. The zero-order chi connectivity index (χ0) is 24.7. The molecular formula is C31H52O3. The van der Waals surface area contributed by atoms with E-state index in [1.807, 2.05) is 6.07 Å². The lowest BCUT2D eigenvalue weighted by Crippen LogP contribution is -2.09. The average Bonchev–Trinajstić information content (AvgIpc) is 2.82. The van der Waals surface area contributed by atoms with Crippen LogP contribution in [-0.4, -0.2) is 11.1 Å². The van der Waals surface area contributed by atoms with Gasteiger partial charge in [-0.2, -0.15) is 0 Å². The van der Waals surface area contributed by atoms with Crippen molar-refractivity contribution >= 4 is 5.97 Å². The van der Waals surface area contributed by atoms with E-state index in [0.29, 0.717) is 12.2 Å². The highest BCUT2D eigenvalue weighted by molar-refractivity contribution is 5.73. The summed E-state index contributed by atoms with van der Waals surface area (Å²) in [5, 5.41) is 9.79. The first-order chi connectivity index (χ1) is 16.7. The smallest absolute Gasteiger partial charge is 0.311 e. The minimum absolute atomic E-state index is 0.150. The van der Waals surface area contributed by atoms with E-state index >= 15 is 0 Å². The molecule has 34 heavy (non-hydrogen) atoms. The van der Waals surface area contributed by atoms with E-state index < -0.39 is 0 Å². The summed E-state index contributed by atoms with van der Waals surface area (Å²) in [5.74, 6) is 0.495. The van der Waals surface area contributed by atoms with E-state index in [1.54, 1.807) is 12.1 Å². The number of rotatable bonds is 22. The molecule has 194 valence electrons. The molecule has 0 radical (unpaired) electrons. The van der Waals surface area contributed by atoms with E-state index in [9.17, 15) is 9.90 Å². The van der Waals surface area contributed by atoms with E-state index in [2.05, 4.69) is 26.0 Å². The predicted molar refractivity (Wildman–Crippen MR) is 146 cm³/mol. The quantitative estimate of drug-likeness (QED) is 0.0790. The van der Waals surface area contributed by atoms with Crippen molar-refractivity contribution in [3.63, 3.8) is 0 Å². The topological polar surface area (TPSA) is 46.5 Å². The van der Waals surface area contributed by atoms with E-state index in [0.717, 1.165) is 31.2 Å². The molecule has 0 atom stereocenters. The summed E-state index contributed by atoms with van der Waals surface area (Å²) in [6.45, 7) is 4.47. The zero-order valence-electron chi connectivity index (χ0n) is 22.3. The molecule has 0 spiro atoms. The third-order valence-electron chi connectivity index (χ3n) is 6.47. The molecule has 3 heteroatoms. The summed E-state index contributed by atoms with van der Waals surface area (Å²) in [7, 11) is 0. The largest absolute Gasteiger partial charge is 0.508 e. The number of esters is 1. The van der Waals surface area contributed by atoms with Crippen molar-refractivity contribution < 1.29 is 14.6 Å². The Morgan fingerprint density at radius 3 is 1.88 bits per heavy atom. The zero-order valence-corrected chi connectivity index (χ0v) is 22.3. The van der Waals surface area contributed by atoms with E-state index in [4.69, 9.17) is 4.74 Å². The number of carbonyl (C=O) groups is 1. The summed E-state index contributed by atoms with van der Waals surface area (Å²) < 4.78 is 5.60. The van der Waals surface area contributed by atoms with Crippen LogP contribution in [0.3, 0.4) is 0 Å². The highest BCUT2D eigenvalue weighted by atomic mass is 16.5. The molecule has 3 nitrogen and oxygen atoms in total. The summed E-state index contributed by atoms with van der Waals surface area (Å²) in [6, 6.07) is 5.14. The Bertz CT molecular complexity index is 650. The fourth-order valence-corrected chi connectivity index (χ4v) is 4.28. The minimum atomic E-state index is -0.186. The maximum absolute atomic E-state index is 12.3. The molecule has 1 aromatic carbocycles. The lowest BCUT2D eigenvalue weighted by Gasteiger charge is -2.11. The van der Waals surface area contributed by atoms with Gasteiger partial charge in [0.1, 0.15) is 11.5 Å². The van der Waals surface area contributed by atoms with Crippen LogP contribution < -0.4 is 4.74 Å². The van der Waals surface area contributed by atoms with Crippen LogP contribution in [0.5, 0.6) is 11.5 Å². The summed E-state index contributed by atoms with van der Waals surface area (Å²) in [4.78, 5) is 12.3. The number of hydrogen-bond acceptors (Lipinski definition) is 3. The molecule has 0 aliphatic heterocycles. The van der Waals surface area contributed by atoms with Crippen LogP contribution in [0.1, 0.15) is 141 Å². The van der Waals surface area contributed by atoms with Gasteiger partial charge in [-0.05, 0) is 56.6 Å². The molecule has 0 aliphatic carbocycles. The van der Waals surface area contributed by atoms with Crippen molar-refractivity contribution in [1.29, 1.82) is 0 Å². The van der Waals surface area contributed by atoms with Crippen molar-refractivity contribution in [3.8, 4) is 11.5 Å². The summed E-state index contributed by atoms with van der Waals surface area (Å²) in [5.41, 5.74) is 1.02. The van der Waals surface area contributed by atoms with Gasteiger partial charge in [0.25, 0.3) is 0 Å². The van der Waals surface area contributed by atoms with Crippen molar-refractivity contribution in [3.05, 3.63) is 35.9 Å². The second-order valence-corrected chi connectivity index (χ2v) is 9.76. The molecule has 0 fully saturated rings. The van der Waals surface area contributed by atoms with Crippen LogP contribution in [0.4, 0.5) is 0 Å². The van der Waals surface area contributed by atoms with Gasteiger partial charge >= 0.3 is 5.97 Å². The second-order valence-electron chi connectivity index (χ2n) is 9.76. The van der Waals surface area contributed by atoms with Crippen LogP contribution in [0, 0.1) is 0 Å². The Labute approximate surface area is 210 Å². The van der Waals surface area contributed by atoms with Gasteiger partial charge in [-0.1, -0.05) is 109 Å². The van der Waals surface area contributed by atoms with Gasteiger partial charge in [0.2, 0.25) is 0 Å². The fraction of sp³-hybridized carbons (Fsp3) is 0.710. The van der Waals surface area contributed by atoms with Crippen molar-refractivity contribution in [2.45, 2.75) is 142 Å². The van der Waals surface area contributed by atoms with Crippen molar-refractivity contribution in [1.82, 2.24) is 0 Å². The first-order valence-electron chi connectivity index (χ1n) is 14.3. The number of unbranched alkanes of at least 4 members (excludes halogenated alkanes) is 15. The molecular weight excluding hydrogens is 420 g/mol. The molecule has 0 saturated heterocycles. The number of aryl methyl sites for hydroxylation is 1. The second kappa shape index (κ2) is 21.7. The molecule has 0 aromatic heterocycles. The third-order valence-corrected chi connectivity index (χ3v) is 6.47. The molecule has 1 aromatic rings. The maximum atomic E-state index is 12.3. The molecule has 0 bridgehead atoms. The number of allylic oxidation sites excluding steroid dienone is 2. The molecule has 0 heterocycles. The Hall–Kier alpha value is -1.77. The fourth-order valence-electron chi connectivity index (χ4n) is 4.28. The number of benzene rings is 1.